The lowest BCUT2D eigenvalue weighted by Gasteiger charge is -2.16. The number of aryl methyl sites for hydroxylation is 3. The second-order valence-corrected chi connectivity index (χ2v) is 12.5. The molecule has 8 nitrogen and oxygen atoms in total. The number of thiophene rings is 1. The molecule has 1 aliphatic rings. The van der Waals surface area contributed by atoms with Gasteiger partial charge in [-0.3, -0.25) is 4.79 Å². The summed E-state index contributed by atoms with van der Waals surface area (Å²) in [5.74, 6) is 1.21. The Hall–Kier alpha value is -2.33. The number of sulfone groups is 1. The lowest BCUT2D eigenvalue weighted by molar-refractivity contribution is 0.102. The summed E-state index contributed by atoms with van der Waals surface area (Å²) in [6, 6.07) is 1.51. The standard InChI is InChI=1S/C21H27N5O3S2/c1-11-9-15(26(25-11)14-7-8-31(28,29)10-14)23-18(27)17-12(2)16-13(3)22-20(21(4,5)6)24-19(16)30-17/h9,14H,7-8,10H2,1-6H3,(H,23,27)/t14-/m1/s1. The van der Waals surface area contributed by atoms with Crippen LogP contribution in [0.25, 0.3) is 10.2 Å². The number of carbonyl (C=O) groups is 1. The Balaban J connectivity index is 1.69. The molecule has 3 aromatic heterocycles. The summed E-state index contributed by atoms with van der Waals surface area (Å²) >= 11 is 1.35. The third-order valence-corrected chi connectivity index (χ3v) is 8.44. The second kappa shape index (κ2) is 7.37. The molecule has 0 unspecified atom stereocenters. The highest BCUT2D eigenvalue weighted by atomic mass is 32.2. The van der Waals surface area contributed by atoms with Crippen LogP contribution >= 0.6 is 11.3 Å². The third-order valence-electron chi connectivity index (χ3n) is 5.50. The number of carbonyl (C=O) groups excluding carboxylic acids is 1. The van der Waals surface area contributed by atoms with Crippen molar-refractivity contribution < 1.29 is 13.2 Å². The molecule has 166 valence electrons. The summed E-state index contributed by atoms with van der Waals surface area (Å²) in [5.41, 5.74) is 2.25. The molecular weight excluding hydrogens is 434 g/mol. The van der Waals surface area contributed by atoms with Crippen LogP contribution in [0.15, 0.2) is 6.07 Å². The van der Waals surface area contributed by atoms with E-state index < -0.39 is 9.84 Å². The van der Waals surface area contributed by atoms with Crippen molar-refractivity contribution in [1.82, 2.24) is 19.7 Å². The van der Waals surface area contributed by atoms with Crippen LogP contribution in [0.5, 0.6) is 0 Å². The highest BCUT2D eigenvalue weighted by Gasteiger charge is 2.32. The molecule has 4 heterocycles. The molecule has 0 saturated carbocycles. The molecule has 1 aliphatic heterocycles. The van der Waals surface area contributed by atoms with E-state index in [1.165, 1.54) is 11.3 Å². The summed E-state index contributed by atoms with van der Waals surface area (Å²) in [6.07, 6.45) is 0.499. The van der Waals surface area contributed by atoms with E-state index in [0.29, 0.717) is 17.1 Å². The molecule has 0 aliphatic carbocycles. The Labute approximate surface area is 186 Å². The number of aromatic nitrogens is 4. The Kier molecular flexibility index (Phi) is 5.20. The maximum atomic E-state index is 13.2. The fraction of sp³-hybridized carbons (Fsp3) is 0.524. The van der Waals surface area contributed by atoms with Gasteiger partial charge in [0.1, 0.15) is 16.5 Å². The normalized spacial score (nSPS) is 18.6. The SMILES string of the molecule is Cc1cc(NC(=O)c2sc3nc(C(C)(C)C)nc(C)c3c2C)n([C@@H]2CCS(=O)(=O)C2)n1. The zero-order valence-corrected chi connectivity index (χ0v) is 20.2. The Bertz CT molecular complexity index is 1300. The van der Waals surface area contributed by atoms with Gasteiger partial charge in [-0.25, -0.2) is 23.1 Å². The molecule has 4 rings (SSSR count). The number of hydrogen-bond acceptors (Lipinski definition) is 7. The van der Waals surface area contributed by atoms with Gasteiger partial charge in [0.25, 0.3) is 5.91 Å². The summed E-state index contributed by atoms with van der Waals surface area (Å²) in [5, 5.41) is 8.30. The number of fused-ring (bicyclic) bond motifs is 1. The number of nitrogens with zero attached hydrogens (tertiary/aromatic N) is 4. The lowest BCUT2D eigenvalue weighted by atomic mass is 9.95. The van der Waals surface area contributed by atoms with Crippen LogP contribution in [0, 0.1) is 20.8 Å². The second-order valence-electron chi connectivity index (χ2n) is 9.25. The predicted octanol–water partition coefficient (Wildman–Crippen LogP) is 3.72. The van der Waals surface area contributed by atoms with Crippen molar-refractivity contribution in [3.05, 3.63) is 33.7 Å². The van der Waals surface area contributed by atoms with Crippen LogP contribution in [-0.4, -0.2) is 45.6 Å². The summed E-state index contributed by atoms with van der Waals surface area (Å²) < 4.78 is 25.5. The molecule has 1 amide bonds. The highest BCUT2D eigenvalue weighted by Crippen LogP contribution is 2.34. The van der Waals surface area contributed by atoms with Crippen molar-refractivity contribution in [2.24, 2.45) is 0 Å². The summed E-state index contributed by atoms with van der Waals surface area (Å²) in [7, 11) is -3.06. The van der Waals surface area contributed by atoms with E-state index in [4.69, 9.17) is 4.98 Å². The molecule has 31 heavy (non-hydrogen) atoms. The number of rotatable bonds is 3. The minimum atomic E-state index is -3.06. The topological polar surface area (TPSA) is 107 Å². The van der Waals surface area contributed by atoms with Crippen molar-refractivity contribution in [2.45, 2.75) is 59.4 Å². The van der Waals surface area contributed by atoms with Gasteiger partial charge in [0.05, 0.1) is 33.8 Å². The van der Waals surface area contributed by atoms with E-state index in [1.807, 2.05) is 20.8 Å². The van der Waals surface area contributed by atoms with Gasteiger partial charge < -0.3 is 5.32 Å². The van der Waals surface area contributed by atoms with Crippen LogP contribution in [-0.2, 0) is 15.3 Å². The number of anilines is 1. The first-order valence-corrected chi connectivity index (χ1v) is 12.9. The third kappa shape index (κ3) is 4.10. The van der Waals surface area contributed by atoms with E-state index in [9.17, 15) is 13.2 Å². The van der Waals surface area contributed by atoms with Gasteiger partial charge >= 0.3 is 0 Å². The molecule has 3 aromatic rings. The molecule has 10 heteroatoms. The van der Waals surface area contributed by atoms with Gasteiger partial charge in [-0.1, -0.05) is 20.8 Å². The Morgan fingerprint density at radius 3 is 2.55 bits per heavy atom. The van der Waals surface area contributed by atoms with Crippen molar-refractivity contribution in [2.75, 3.05) is 16.8 Å². The number of amides is 1. The number of nitrogens with one attached hydrogen (secondary N) is 1. The minimum Gasteiger partial charge on any atom is -0.306 e. The van der Waals surface area contributed by atoms with Crippen LogP contribution in [0.1, 0.15) is 65.7 Å². The summed E-state index contributed by atoms with van der Waals surface area (Å²) in [4.78, 5) is 24.0. The van der Waals surface area contributed by atoms with Crippen molar-refractivity contribution in [3.8, 4) is 0 Å². The zero-order chi connectivity index (χ0) is 22.7. The Morgan fingerprint density at radius 1 is 1.23 bits per heavy atom. The van der Waals surface area contributed by atoms with Gasteiger partial charge in [-0.15, -0.1) is 11.3 Å². The average molecular weight is 462 g/mol. The quantitative estimate of drug-likeness (QED) is 0.637. The van der Waals surface area contributed by atoms with Gasteiger partial charge in [-0.05, 0) is 32.8 Å². The molecule has 0 spiro atoms. The first-order valence-electron chi connectivity index (χ1n) is 10.2. The smallest absolute Gasteiger partial charge is 0.267 e. The zero-order valence-electron chi connectivity index (χ0n) is 18.6. The van der Waals surface area contributed by atoms with Crippen LogP contribution in [0.3, 0.4) is 0 Å². The fourth-order valence-electron chi connectivity index (χ4n) is 3.92. The molecular formula is C21H27N5O3S2. The van der Waals surface area contributed by atoms with Gasteiger partial charge in [0, 0.05) is 16.9 Å². The summed E-state index contributed by atoms with van der Waals surface area (Å²) in [6.45, 7) is 11.9. The minimum absolute atomic E-state index is 0.0449. The monoisotopic (exact) mass is 461 g/mol. The van der Waals surface area contributed by atoms with E-state index in [0.717, 1.165) is 33.0 Å². The maximum Gasteiger partial charge on any atom is 0.267 e. The molecule has 0 radical (unpaired) electrons. The van der Waals surface area contributed by atoms with E-state index in [2.05, 4.69) is 36.2 Å². The van der Waals surface area contributed by atoms with Gasteiger partial charge in [0.2, 0.25) is 0 Å². The lowest BCUT2D eigenvalue weighted by Crippen LogP contribution is -2.19. The average Bonchev–Trinajstić information content (AvgIpc) is 3.29. The highest BCUT2D eigenvalue weighted by molar-refractivity contribution is 7.91. The molecule has 1 N–H and O–H groups in total. The fourth-order valence-corrected chi connectivity index (χ4v) is 6.74. The number of hydrogen-bond donors (Lipinski definition) is 1. The van der Waals surface area contributed by atoms with Gasteiger partial charge in [-0.2, -0.15) is 5.10 Å². The van der Waals surface area contributed by atoms with Crippen LogP contribution in [0.2, 0.25) is 0 Å². The first-order chi connectivity index (χ1) is 14.4. The maximum absolute atomic E-state index is 13.2. The van der Waals surface area contributed by atoms with Crippen molar-refractivity contribution >= 4 is 43.1 Å². The van der Waals surface area contributed by atoms with Crippen LogP contribution < -0.4 is 5.32 Å². The molecule has 1 saturated heterocycles. The van der Waals surface area contributed by atoms with E-state index in [1.54, 1.807) is 10.7 Å². The van der Waals surface area contributed by atoms with E-state index >= 15 is 0 Å². The van der Waals surface area contributed by atoms with Crippen LogP contribution in [0.4, 0.5) is 5.82 Å². The largest absolute Gasteiger partial charge is 0.306 e. The van der Waals surface area contributed by atoms with Crippen molar-refractivity contribution in [1.29, 1.82) is 0 Å². The van der Waals surface area contributed by atoms with E-state index in [-0.39, 0.29) is 28.9 Å². The molecule has 0 bridgehead atoms. The van der Waals surface area contributed by atoms with Crippen molar-refractivity contribution in [3.63, 3.8) is 0 Å². The molecule has 1 fully saturated rings. The first kappa shape index (κ1) is 21.9. The van der Waals surface area contributed by atoms with Gasteiger partial charge in [0.15, 0.2) is 9.84 Å². The molecule has 0 aromatic carbocycles. The molecule has 1 atom stereocenters. The predicted molar refractivity (Wildman–Crippen MR) is 123 cm³/mol. The Morgan fingerprint density at radius 2 is 1.94 bits per heavy atom.